The fraction of sp³-hybridized carbons (Fsp3) is 0.0938. The van der Waals surface area contributed by atoms with E-state index in [1.54, 1.807) is 4.68 Å². The predicted octanol–water partition coefficient (Wildman–Crippen LogP) is 6.25. The van der Waals surface area contributed by atoms with Gasteiger partial charge in [0.1, 0.15) is 5.69 Å². The third-order valence-corrected chi connectivity index (χ3v) is 6.12. The van der Waals surface area contributed by atoms with Crippen LogP contribution >= 0.6 is 0 Å². The van der Waals surface area contributed by atoms with Crippen LogP contribution in [0.3, 0.4) is 0 Å². The highest BCUT2D eigenvalue weighted by Gasteiger charge is 2.21. The molecular formula is C32H28N4O. The number of benzene rings is 4. The Bertz CT molecular complexity index is 1420. The van der Waals surface area contributed by atoms with E-state index in [9.17, 15) is 4.79 Å². The maximum Gasteiger partial charge on any atom is 0.274 e. The first-order chi connectivity index (χ1) is 18.3. The number of rotatable bonds is 9. The van der Waals surface area contributed by atoms with Gasteiger partial charge in [-0.05, 0) is 28.7 Å². The molecule has 1 amide bonds. The van der Waals surface area contributed by atoms with Crippen LogP contribution in [0.2, 0.25) is 0 Å². The number of hydrogen-bond acceptors (Lipinski definition) is 3. The van der Waals surface area contributed by atoms with E-state index in [0.29, 0.717) is 30.9 Å². The maximum atomic E-state index is 13.2. The van der Waals surface area contributed by atoms with E-state index in [1.165, 1.54) is 0 Å². The largest absolute Gasteiger partial charge is 0.350 e. The summed E-state index contributed by atoms with van der Waals surface area (Å²) in [4.78, 5) is 13.2. The van der Waals surface area contributed by atoms with Crippen LogP contribution in [-0.4, -0.2) is 27.4 Å². The second-order valence-corrected chi connectivity index (χ2v) is 8.69. The molecule has 0 atom stereocenters. The SMILES string of the molecule is O=C(NCCC=C(c1ccccc1)c1ccccc1)c1nnn(Cc2ccccc2)c1-c1ccccc1. The molecule has 5 aromatic rings. The molecule has 0 unspecified atom stereocenters. The fourth-order valence-electron chi connectivity index (χ4n) is 4.34. The molecule has 5 nitrogen and oxygen atoms in total. The van der Waals surface area contributed by atoms with Crippen LogP contribution in [0.15, 0.2) is 127 Å². The minimum Gasteiger partial charge on any atom is -0.350 e. The van der Waals surface area contributed by atoms with Crippen LogP contribution < -0.4 is 5.32 Å². The van der Waals surface area contributed by atoms with Gasteiger partial charge in [-0.1, -0.05) is 133 Å². The number of hydrogen-bond donors (Lipinski definition) is 1. The van der Waals surface area contributed by atoms with Crippen molar-refractivity contribution in [3.8, 4) is 11.3 Å². The number of aromatic nitrogens is 3. The molecule has 1 heterocycles. The molecule has 0 radical (unpaired) electrons. The molecule has 182 valence electrons. The first-order valence-corrected chi connectivity index (χ1v) is 12.4. The number of amides is 1. The summed E-state index contributed by atoms with van der Waals surface area (Å²) in [6, 6.07) is 40.5. The van der Waals surface area contributed by atoms with E-state index in [4.69, 9.17) is 0 Å². The molecule has 4 aromatic carbocycles. The Labute approximate surface area is 217 Å². The van der Waals surface area contributed by atoms with Gasteiger partial charge < -0.3 is 5.32 Å². The average Bonchev–Trinajstić information content (AvgIpc) is 3.38. The number of carbonyl (C=O) groups excluding carboxylic acids is 1. The van der Waals surface area contributed by atoms with Crippen molar-refractivity contribution < 1.29 is 4.79 Å². The molecule has 1 N–H and O–H groups in total. The molecule has 0 aliphatic carbocycles. The summed E-state index contributed by atoms with van der Waals surface area (Å²) >= 11 is 0. The summed E-state index contributed by atoms with van der Waals surface area (Å²) in [5.41, 5.74) is 6.49. The summed E-state index contributed by atoms with van der Waals surface area (Å²) in [5.74, 6) is -0.229. The van der Waals surface area contributed by atoms with Gasteiger partial charge in [-0.2, -0.15) is 0 Å². The van der Waals surface area contributed by atoms with Gasteiger partial charge in [0.15, 0.2) is 5.69 Å². The quantitative estimate of drug-likeness (QED) is 0.252. The third-order valence-electron chi connectivity index (χ3n) is 6.12. The van der Waals surface area contributed by atoms with Crippen LogP contribution in [0.25, 0.3) is 16.8 Å². The molecule has 0 saturated heterocycles. The van der Waals surface area contributed by atoms with Gasteiger partial charge in [-0.15, -0.1) is 5.10 Å². The summed E-state index contributed by atoms with van der Waals surface area (Å²) in [7, 11) is 0. The van der Waals surface area contributed by atoms with E-state index in [2.05, 4.69) is 46.0 Å². The molecule has 5 rings (SSSR count). The lowest BCUT2D eigenvalue weighted by Crippen LogP contribution is -2.25. The first kappa shape index (κ1) is 23.9. The Morgan fingerprint density at radius 1 is 0.730 bits per heavy atom. The predicted molar refractivity (Wildman–Crippen MR) is 148 cm³/mol. The number of nitrogens with one attached hydrogen (secondary N) is 1. The molecule has 1 aromatic heterocycles. The first-order valence-electron chi connectivity index (χ1n) is 12.4. The van der Waals surface area contributed by atoms with Crippen molar-refractivity contribution in [3.63, 3.8) is 0 Å². The molecule has 0 spiro atoms. The minimum absolute atomic E-state index is 0.229. The van der Waals surface area contributed by atoms with E-state index in [0.717, 1.165) is 27.8 Å². The zero-order chi connectivity index (χ0) is 25.3. The normalized spacial score (nSPS) is 10.6. The minimum atomic E-state index is -0.229. The highest BCUT2D eigenvalue weighted by Crippen LogP contribution is 2.25. The van der Waals surface area contributed by atoms with Crippen molar-refractivity contribution in [3.05, 3.63) is 150 Å². The molecule has 0 aliphatic heterocycles. The smallest absolute Gasteiger partial charge is 0.274 e. The van der Waals surface area contributed by atoms with Gasteiger partial charge in [0.25, 0.3) is 5.91 Å². The zero-order valence-electron chi connectivity index (χ0n) is 20.5. The van der Waals surface area contributed by atoms with Gasteiger partial charge in [-0.3, -0.25) is 4.79 Å². The lowest BCUT2D eigenvalue weighted by molar-refractivity contribution is 0.0950. The highest BCUT2D eigenvalue weighted by molar-refractivity contribution is 5.98. The monoisotopic (exact) mass is 484 g/mol. The Kier molecular flexibility index (Phi) is 7.62. The molecule has 5 heteroatoms. The summed E-state index contributed by atoms with van der Waals surface area (Å²) in [6.07, 6.45) is 2.86. The standard InChI is InChI=1S/C32H28N4O/c37-32(33-23-13-22-29(26-16-7-2-8-17-26)27-18-9-3-10-19-27)30-31(28-20-11-4-12-21-28)36(35-34-30)24-25-14-5-1-6-15-25/h1-12,14-22H,13,23-24H2,(H,33,37). The molecule has 0 aliphatic rings. The van der Waals surface area contributed by atoms with Crippen molar-refractivity contribution in [2.45, 2.75) is 13.0 Å². The zero-order valence-corrected chi connectivity index (χ0v) is 20.5. The van der Waals surface area contributed by atoms with Crippen molar-refractivity contribution >= 4 is 11.5 Å². The lowest BCUT2D eigenvalue weighted by Gasteiger charge is -2.10. The van der Waals surface area contributed by atoms with E-state index in [1.807, 2.05) is 97.1 Å². The topological polar surface area (TPSA) is 59.8 Å². The Hall–Kier alpha value is -4.77. The second-order valence-electron chi connectivity index (χ2n) is 8.69. The van der Waals surface area contributed by atoms with Crippen LogP contribution in [0.1, 0.15) is 33.6 Å². The van der Waals surface area contributed by atoms with Crippen LogP contribution in [0.5, 0.6) is 0 Å². The van der Waals surface area contributed by atoms with E-state index in [-0.39, 0.29) is 5.91 Å². The molecule has 0 fully saturated rings. The van der Waals surface area contributed by atoms with Crippen molar-refractivity contribution in [1.29, 1.82) is 0 Å². The summed E-state index contributed by atoms with van der Waals surface area (Å²) in [6.45, 7) is 1.02. The summed E-state index contributed by atoms with van der Waals surface area (Å²) < 4.78 is 1.79. The Morgan fingerprint density at radius 3 is 1.86 bits per heavy atom. The summed E-state index contributed by atoms with van der Waals surface area (Å²) in [5, 5.41) is 11.7. The van der Waals surface area contributed by atoms with Crippen LogP contribution in [0.4, 0.5) is 0 Å². The van der Waals surface area contributed by atoms with Crippen molar-refractivity contribution in [1.82, 2.24) is 20.3 Å². The Balaban J connectivity index is 1.34. The second kappa shape index (κ2) is 11.8. The third kappa shape index (κ3) is 5.90. The average molecular weight is 485 g/mol. The molecule has 0 bridgehead atoms. The molecular weight excluding hydrogens is 456 g/mol. The molecule has 37 heavy (non-hydrogen) atoms. The van der Waals surface area contributed by atoms with Gasteiger partial charge in [-0.25, -0.2) is 4.68 Å². The number of carbonyl (C=O) groups is 1. The van der Waals surface area contributed by atoms with Gasteiger partial charge >= 0.3 is 0 Å². The van der Waals surface area contributed by atoms with Gasteiger partial charge in [0, 0.05) is 12.1 Å². The van der Waals surface area contributed by atoms with Crippen LogP contribution in [-0.2, 0) is 6.54 Å². The van der Waals surface area contributed by atoms with Gasteiger partial charge in [0.2, 0.25) is 0 Å². The highest BCUT2D eigenvalue weighted by atomic mass is 16.2. The van der Waals surface area contributed by atoms with Crippen molar-refractivity contribution in [2.24, 2.45) is 0 Å². The van der Waals surface area contributed by atoms with Gasteiger partial charge in [0.05, 0.1) is 6.54 Å². The lowest BCUT2D eigenvalue weighted by atomic mass is 9.97. The Morgan fingerprint density at radius 2 is 1.27 bits per heavy atom. The van der Waals surface area contributed by atoms with E-state index >= 15 is 0 Å². The molecule has 0 saturated carbocycles. The maximum absolute atomic E-state index is 13.2. The van der Waals surface area contributed by atoms with Crippen molar-refractivity contribution in [2.75, 3.05) is 6.54 Å². The van der Waals surface area contributed by atoms with E-state index < -0.39 is 0 Å². The fourth-order valence-corrected chi connectivity index (χ4v) is 4.34. The number of nitrogens with zero attached hydrogens (tertiary/aromatic N) is 3. The van der Waals surface area contributed by atoms with Crippen LogP contribution in [0, 0.1) is 0 Å².